The number of amides is 2. The number of rotatable bonds is 20. The number of ketones is 1. The van der Waals surface area contributed by atoms with E-state index >= 15 is 0 Å². The van der Waals surface area contributed by atoms with Gasteiger partial charge in [-0.15, -0.1) is 0 Å². The molecule has 4 aromatic rings. The van der Waals surface area contributed by atoms with Crippen molar-refractivity contribution in [2.75, 3.05) is 23.8 Å². The van der Waals surface area contributed by atoms with Crippen molar-refractivity contribution in [3.63, 3.8) is 0 Å². The summed E-state index contributed by atoms with van der Waals surface area (Å²) in [6.07, 6.45) is 1.66. The summed E-state index contributed by atoms with van der Waals surface area (Å²) in [5.41, 5.74) is 1.80. The van der Waals surface area contributed by atoms with Crippen molar-refractivity contribution in [2.24, 2.45) is 5.41 Å². The number of nitrogens with zero attached hydrogens (tertiary/aromatic N) is 5. The molecule has 0 unspecified atom stereocenters. The van der Waals surface area contributed by atoms with E-state index in [1.165, 1.54) is 24.3 Å². The van der Waals surface area contributed by atoms with Gasteiger partial charge in [0.25, 0.3) is 11.8 Å². The van der Waals surface area contributed by atoms with Crippen molar-refractivity contribution >= 4 is 52.8 Å². The molecule has 2 saturated carbocycles. The molecule has 0 spiro atoms. The Kier molecular flexibility index (Phi) is 12.3. The monoisotopic (exact) mass is 811 g/mol. The number of carbonyl (C=O) groups is 4. The van der Waals surface area contributed by atoms with Crippen LogP contribution < -0.4 is 26.0 Å². The van der Waals surface area contributed by atoms with Crippen LogP contribution in [0.4, 0.5) is 30.8 Å². The third kappa shape index (κ3) is 11.2. The fourth-order valence-corrected chi connectivity index (χ4v) is 6.44. The Hall–Kier alpha value is -5.78. The SMILES string of the molecule is CCc1ccnn1CC1(CCC(=O)C(=O)NCC[C@H](NC(=O)c2ccc(Nc3nc(NC4(c5ccc(Cl)cc5)CC4)nc(OCC(F)(F)F)n3)cc2)C(=O)O)CC1. The highest BCUT2D eigenvalue weighted by molar-refractivity contribution is 6.36. The number of aromatic nitrogens is 5. The lowest BCUT2D eigenvalue weighted by molar-refractivity contribution is -0.154. The molecule has 0 bridgehead atoms. The van der Waals surface area contributed by atoms with E-state index in [0.29, 0.717) is 36.5 Å². The predicted octanol–water partition coefficient (Wildman–Crippen LogP) is 5.59. The zero-order valence-electron chi connectivity index (χ0n) is 30.9. The first-order valence-electron chi connectivity index (χ1n) is 18.4. The van der Waals surface area contributed by atoms with E-state index in [1.807, 2.05) is 29.8 Å². The highest BCUT2D eigenvalue weighted by Crippen LogP contribution is 2.51. The summed E-state index contributed by atoms with van der Waals surface area (Å²) in [4.78, 5) is 62.4. The first-order chi connectivity index (χ1) is 27.1. The van der Waals surface area contributed by atoms with Crippen molar-refractivity contribution in [2.45, 2.75) is 82.6 Å². The zero-order valence-corrected chi connectivity index (χ0v) is 31.6. The lowest BCUT2D eigenvalue weighted by Gasteiger charge is -2.19. The summed E-state index contributed by atoms with van der Waals surface area (Å²) in [5, 5.41) is 25.6. The van der Waals surface area contributed by atoms with Gasteiger partial charge in [0.1, 0.15) is 6.04 Å². The number of Topliss-reactive ketones (excluding diaryl/α,β-unsaturated/α-hetero) is 1. The van der Waals surface area contributed by atoms with Crippen LogP contribution in [0.15, 0.2) is 60.8 Å². The molecule has 2 aromatic heterocycles. The van der Waals surface area contributed by atoms with E-state index in [4.69, 9.17) is 16.3 Å². The third-order valence-corrected chi connectivity index (χ3v) is 10.2. The fourth-order valence-electron chi connectivity index (χ4n) is 6.31. The lowest BCUT2D eigenvalue weighted by atomic mass is 9.98. The van der Waals surface area contributed by atoms with Crippen LogP contribution in [-0.2, 0) is 32.9 Å². The topological polar surface area (TPSA) is 202 Å². The van der Waals surface area contributed by atoms with E-state index in [-0.39, 0.29) is 42.3 Å². The van der Waals surface area contributed by atoms with E-state index in [1.54, 1.807) is 18.3 Å². The Labute approximate surface area is 330 Å². The number of aryl methyl sites for hydroxylation is 1. The number of alkyl halides is 3. The van der Waals surface area contributed by atoms with E-state index in [2.05, 4.69) is 41.3 Å². The lowest BCUT2D eigenvalue weighted by Crippen LogP contribution is -2.43. The van der Waals surface area contributed by atoms with Gasteiger partial charge in [0.05, 0.1) is 5.54 Å². The second-order valence-electron chi connectivity index (χ2n) is 14.3. The van der Waals surface area contributed by atoms with Crippen LogP contribution in [0.2, 0.25) is 5.02 Å². The zero-order chi connectivity index (χ0) is 40.8. The highest BCUT2D eigenvalue weighted by atomic mass is 35.5. The number of carboxylic acids is 1. The van der Waals surface area contributed by atoms with Gasteiger partial charge >= 0.3 is 18.2 Å². The van der Waals surface area contributed by atoms with Crippen LogP contribution in [0, 0.1) is 5.41 Å². The Morgan fingerprint density at radius 2 is 1.67 bits per heavy atom. The van der Waals surface area contributed by atoms with Crippen molar-refractivity contribution in [1.82, 2.24) is 35.4 Å². The molecule has 57 heavy (non-hydrogen) atoms. The maximum atomic E-state index is 13.0. The molecular formula is C38H41ClF3N9O6. The predicted molar refractivity (Wildman–Crippen MR) is 201 cm³/mol. The van der Waals surface area contributed by atoms with E-state index in [9.17, 15) is 37.5 Å². The van der Waals surface area contributed by atoms with Gasteiger partial charge in [-0.25, -0.2) is 4.79 Å². The average molecular weight is 812 g/mol. The molecule has 2 fully saturated rings. The minimum atomic E-state index is -4.64. The van der Waals surface area contributed by atoms with Gasteiger partial charge in [0, 0.05) is 47.7 Å². The van der Waals surface area contributed by atoms with Gasteiger partial charge in [0.15, 0.2) is 6.61 Å². The number of carbonyl (C=O) groups excluding carboxylic acids is 3. The van der Waals surface area contributed by atoms with Crippen molar-refractivity contribution < 1.29 is 42.2 Å². The van der Waals surface area contributed by atoms with Crippen LogP contribution in [0.3, 0.4) is 0 Å². The highest BCUT2D eigenvalue weighted by Gasteiger charge is 2.45. The summed E-state index contributed by atoms with van der Waals surface area (Å²) in [6.45, 7) is 0.940. The third-order valence-electron chi connectivity index (χ3n) is 9.95. The number of benzene rings is 2. The Morgan fingerprint density at radius 1 is 0.965 bits per heavy atom. The molecule has 2 aliphatic rings. The van der Waals surface area contributed by atoms with Crippen molar-refractivity contribution in [3.8, 4) is 6.01 Å². The number of anilines is 3. The van der Waals surface area contributed by atoms with Gasteiger partial charge in [-0.2, -0.15) is 33.2 Å². The summed E-state index contributed by atoms with van der Waals surface area (Å²) in [5.74, 6) is -3.65. The summed E-state index contributed by atoms with van der Waals surface area (Å²) >= 11 is 6.03. The van der Waals surface area contributed by atoms with Crippen molar-refractivity contribution in [1.29, 1.82) is 0 Å². The maximum absolute atomic E-state index is 13.0. The molecule has 0 saturated heterocycles. The molecule has 15 nitrogen and oxygen atoms in total. The molecule has 2 aromatic carbocycles. The first kappa shape index (κ1) is 40.9. The fraction of sp³-hybridized carbons (Fsp3) is 0.421. The summed E-state index contributed by atoms with van der Waals surface area (Å²) in [7, 11) is 0. The average Bonchev–Trinajstić information content (AvgIpc) is 4.09. The molecule has 1 atom stereocenters. The molecule has 2 aliphatic carbocycles. The van der Waals surface area contributed by atoms with Crippen LogP contribution in [-0.4, -0.2) is 78.8 Å². The number of hydrogen-bond donors (Lipinski definition) is 5. The molecule has 302 valence electrons. The molecule has 2 amide bonds. The maximum Gasteiger partial charge on any atom is 0.422 e. The number of hydrogen-bond acceptors (Lipinski definition) is 11. The number of aliphatic carboxylic acids is 1. The number of nitrogens with one attached hydrogen (secondary N) is 4. The minimum Gasteiger partial charge on any atom is -0.480 e. The van der Waals surface area contributed by atoms with E-state index < -0.39 is 53.9 Å². The number of carboxylic acid groups (broad SMARTS) is 1. The molecule has 0 aliphatic heterocycles. The molecule has 2 heterocycles. The first-order valence-corrected chi connectivity index (χ1v) is 18.7. The van der Waals surface area contributed by atoms with Crippen LogP contribution >= 0.6 is 11.6 Å². The second-order valence-corrected chi connectivity index (χ2v) is 14.7. The molecule has 5 N–H and O–H groups in total. The normalized spacial score (nSPS) is 15.5. The van der Waals surface area contributed by atoms with Gasteiger partial charge in [0.2, 0.25) is 17.7 Å². The Bertz CT molecular complexity index is 2090. The standard InChI is InChI=1S/C38H41ClF3N9O6/c1-2-27-12-20-44-51(27)21-36(15-16-36)14-11-29(52)31(54)43-19-13-28(32(55)56)46-30(53)23-3-9-26(10-4-23)45-33-47-34(49-35(48-33)57-22-38(40,41)42)50-37(17-18-37)24-5-7-25(39)8-6-24/h3-10,12,20,28H,2,11,13-19,21-22H2,1H3,(H,43,54)(H,46,53)(H,55,56)(H2,45,47,48,49,50)/t28-/m0/s1. The molecule has 6 rings (SSSR count). The molecule has 0 radical (unpaired) electrons. The Balaban J connectivity index is 1.01. The van der Waals surface area contributed by atoms with Crippen LogP contribution in [0.5, 0.6) is 6.01 Å². The van der Waals surface area contributed by atoms with Gasteiger partial charge in [-0.3, -0.25) is 19.1 Å². The quantitative estimate of drug-likeness (QED) is 0.0694. The van der Waals surface area contributed by atoms with Crippen LogP contribution in [0.25, 0.3) is 0 Å². The van der Waals surface area contributed by atoms with Crippen molar-refractivity contribution in [3.05, 3.63) is 82.6 Å². The summed E-state index contributed by atoms with van der Waals surface area (Å²) < 4.78 is 45.7. The van der Waals surface area contributed by atoms with Crippen LogP contribution in [0.1, 0.15) is 73.5 Å². The minimum absolute atomic E-state index is 0.0353. The smallest absolute Gasteiger partial charge is 0.422 e. The number of ether oxygens (including phenoxy) is 1. The van der Waals surface area contributed by atoms with Gasteiger partial charge < -0.3 is 31.1 Å². The number of halogens is 4. The largest absolute Gasteiger partial charge is 0.480 e. The van der Waals surface area contributed by atoms with E-state index in [0.717, 1.165) is 30.5 Å². The van der Waals surface area contributed by atoms with Gasteiger partial charge in [-0.1, -0.05) is 30.7 Å². The second kappa shape index (κ2) is 17.2. The Morgan fingerprint density at radius 3 is 2.30 bits per heavy atom. The molecule has 19 heteroatoms. The van der Waals surface area contributed by atoms with Gasteiger partial charge in [-0.05, 0) is 98.4 Å². The summed E-state index contributed by atoms with van der Waals surface area (Å²) in [6, 6.07) is 12.8. The molecular weight excluding hydrogens is 771 g/mol.